The first-order valence-corrected chi connectivity index (χ1v) is 22.5. The number of ether oxygens (including phenoxy) is 10. The molecule has 0 aromatic carbocycles. The minimum atomic E-state index is -1.97. The highest BCUT2D eigenvalue weighted by atomic mass is 16.8. The molecule has 30 nitrogen and oxygen atoms in total. The predicted octanol–water partition coefficient (Wildman–Crippen LogP) is -9.89. The lowest BCUT2D eigenvalue weighted by Gasteiger charge is -2.51. The summed E-state index contributed by atoms with van der Waals surface area (Å²) in [4.78, 5) is 54.0. The standard InChI is InChI=1S/C40H65N5O25/c1-11(51)41-21-27(56)26(55)16(6-46)62-37(21)67-32-18(8-48)64-38(22(28(32)57)42-12(2)52)68-33-19(9-49)65-39(23(29(33)58)43-13(3)53)69-34-20(10-50)66-40(24(30(34)59)44-14(4)54)70-35-17(7-47)63-36-25(31(35)60)45-15(5)61-36/h16-40,46-50,55-60H,6-10H2,1-5H3,(H,41,51)(H,42,52)(H,43,53)(H,44,54)/t16?,17?,18?,19?,20?,21?,22?,23?,24?,25?,26-,27-,28-,29-,30-,31-,32-,33-,34-,35-,36+,37+,38+,39+,40+/m1/s1. The van der Waals surface area contributed by atoms with Crippen molar-refractivity contribution in [2.45, 2.75) is 188 Å². The van der Waals surface area contributed by atoms with E-state index in [1.165, 1.54) is 6.92 Å². The van der Waals surface area contributed by atoms with Crippen LogP contribution in [0.3, 0.4) is 0 Å². The molecule has 4 amide bonds. The Morgan fingerprint density at radius 1 is 0.443 bits per heavy atom. The number of hydrogen-bond acceptors (Lipinski definition) is 26. The highest BCUT2D eigenvalue weighted by Crippen LogP contribution is 2.37. The van der Waals surface area contributed by atoms with Gasteiger partial charge in [-0.2, -0.15) is 0 Å². The Morgan fingerprint density at radius 2 is 0.729 bits per heavy atom. The van der Waals surface area contributed by atoms with Crippen molar-refractivity contribution in [3.8, 4) is 0 Å². The number of aliphatic hydroxyl groups is 11. The van der Waals surface area contributed by atoms with Crippen LogP contribution in [0.1, 0.15) is 34.6 Å². The van der Waals surface area contributed by atoms with Crippen molar-refractivity contribution in [1.29, 1.82) is 0 Å². The van der Waals surface area contributed by atoms with Crippen LogP contribution >= 0.6 is 0 Å². The zero-order chi connectivity index (χ0) is 51.5. The van der Waals surface area contributed by atoms with Crippen molar-refractivity contribution in [1.82, 2.24) is 21.3 Å². The van der Waals surface area contributed by atoms with Gasteiger partial charge in [0.1, 0.15) is 122 Å². The average molecular weight is 1020 g/mol. The second kappa shape index (κ2) is 24.1. The third-order valence-electron chi connectivity index (χ3n) is 12.5. The fourth-order valence-electron chi connectivity index (χ4n) is 9.29. The number of rotatable bonds is 17. The fourth-order valence-corrected chi connectivity index (χ4v) is 9.29. The molecule has 6 aliphatic heterocycles. The fraction of sp³-hybridized carbons (Fsp3) is 0.875. The maximum absolute atomic E-state index is 12.7. The molecule has 5 saturated heterocycles. The van der Waals surface area contributed by atoms with Gasteiger partial charge in [0.05, 0.1) is 33.0 Å². The molecule has 6 heterocycles. The number of carbonyl (C=O) groups excluding carboxylic acids is 4. The first-order chi connectivity index (χ1) is 33.2. The van der Waals surface area contributed by atoms with E-state index in [-0.39, 0.29) is 5.90 Å². The summed E-state index contributed by atoms with van der Waals surface area (Å²) >= 11 is 0. The van der Waals surface area contributed by atoms with Crippen LogP contribution in [0.25, 0.3) is 0 Å². The first kappa shape index (κ1) is 55.9. The Bertz CT molecular complexity index is 1820. The van der Waals surface area contributed by atoms with Crippen molar-refractivity contribution >= 4 is 29.5 Å². The minimum absolute atomic E-state index is 0.195. The lowest BCUT2D eigenvalue weighted by Crippen LogP contribution is -2.72. The Morgan fingerprint density at radius 3 is 1.04 bits per heavy atom. The Hall–Kier alpha value is -3.45. The summed E-state index contributed by atoms with van der Waals surface area (Å²) in [6.45, 7) is 1.50. The second-order valence-corrected chi connectivity index (χ2v) is 17.6. The lowest BCUT2D eigenvalue weighted by molar-refractivity contribution is -0.366. The molecule has 0 saturated carbocycles. The molecule has 25 atom stereocenters. The number of aliphatic imine (C=N–C) groups is 1. The summed E-state index contributed by atoms with van der Waals surface area (Å²) in [7, 11) is 0. The van der Waals surface area contributed by atoms with Crippen LogP contribution in [-0.2, 0) is 66.5 Å². The van der Waals surface area contributed by atoms with Crippen LogP contribution in [0, 0.1) is 0 Å². The van der Waals surface area contributed by atoms with Crippen molar-refractivity contribution < 1.29 is 123 Å². The number of nitrogens with zero attached hydrogens (tertiary/aromatic N) is 1. The van der Waals surface area contributed by atoms with Crippen LogP contribution in [0.15, 0.2) is 4.99 Å². The molecule has 0 aromatic heterocycles. The van der Waals surface area contributed by atoms with Crippen LogP contribution in [0.5, 0.6) is 0 Å². The highest BCUT2D eigenvalue weighted by molar-refractivity contribution is 5.75. The Balaban J connectivity index is 1.22. The van der Waals surface area contributed by atoms with Gasteiger partial charge in [0, 0.05) is 34.6 Å². The van der Waals surface area contributed by atoms with Gasteiger partial charge in [-0.05, 0) is 0 Å². The van der Waals surface area contributed by atoms with E-state index in [2.05, 4.69) is 26.3 Å². The maximum Gasteiger partial charge on any atom is 0.227 e. The van der Waals surface area contributed by atoms with Gasteiger partial charge in [-0.1, -0.05) is 0 Å². The molecule has 70 heavy (non-hydrogen) atoms. The van der Waals surface area contributed by atoms with Gasteiger partial charge in [-0.25, -0.2) is 4.99 Å². The highest BCUT2D eigenvalue weighted by Gasteiger charge is 2.58. The molecule has 15 N–H and O–H groups in total. The van der Waals surface area contributed by atoms with E-state index in [1.807, 2.05) is 0 Å². The molecule has 0 aliphatic carbocycles. The molecule has 6 rings (SSSR count). The third kappa shape index (κ3) is 12.1. The normalized spacial score (nSPS) is 45.1. The molecule has 0 aromatic rings. The van der Waals surface area contributed by atoms with E-state index in [9.17, 15) is 75.3 Å². The van der Waals surface area contributed by atoms with Gasteiger partial charge in [0.25, 0.3) is 0 Å². The summed E-state index contributed by atoms with van der Waals surface area (Å²) in [6, 6.07) is -7.39. The molecule has 10 unspecified atom stereocenters. The largest absolute Gasteiger partial charge is 0.450 e. The van der Waals surface area contributed by atoms with Crippen LogP contribution in [-0.4, -0.2) is 272 Å². The zero-order valence-electron chi connectivity index (χ0n) is 38.6. The molecule has 400 valence electrons. The molecular weight excluding hydrogens is 950 g/mol. The van der Waals surface area contributed by atoms with Crippen LogP contribution in [0.4, 0.5) is 0 Å². The molecule has 0 radical (unpaired) electrons. The van der Waals surface area contributed by atoms with E-state index in [0.717, 1.165) is 27.7 Å². The van der Waals surface area contributed by atoms with Crippen molar-refractivity contribution in [3.63, 3.8) is 0 Å². The van der Waals surface area contributed by atoms with E-state index < -0.39 is 210 Å². The number of hydrogen-bond donors (Lipinski definition) is 15. The average Bonchev–Trinajstić information content (AvgIpc) is 3.69. The van der Waals surface area contributed by atoms with Gasteiger partial charge in [-0.3, -0.25) is 19.2 Å². The van der Waals surface area contributed by atoms with Gasteiger partial charge in [-0.15, -0.1) is 0 Å². The minimum Gasteiger partial charge on any atom is -0.450 e. The van der Waals surface area contributed by atoms with Crippen LogP contribution in [0.2, 0.25) is 0 Å². The maximum atomic E-state index is 12.7. The summed E-state index contributed by atoms with van der Waals surface area (Å²) in [5, 5.41) is 130. The predicted molar refractivity (Wildman–Crippen MR) is 223 cm³/mol. The zero-order valence-corrected chi connectivity index (χ0v) is 38.6. The van der Waals surface area contributed by atoms with Crippen molar-refractivity contribution in [3.05, 3.63) is 0 Å². The van der Waals surface area contributed by atoms with Gasteiger partial charge in [0.15, 0.2) is 31.1 Å². The van der Waals surface area contributed by atoms with Gasteiger partial charge < -0.3 is 125 Å². The quantitative estimate of drug-likeness (QED) is 0.0643. The van der Waals surface area contributed by atoms with Crippen molar-refractivity contribution in [2.75, 3.05) is 33.0 Å². The van der Waals surface area contributed by atoms with E-state index in [4.69, 9.17) is 47.4 Å². The summed E-state index contributed by atoms with van der Waals surface area (Å²) < 4.78 is 59.1. The lowest BCUT2D eigenvalue weighted by atomic mass is 9.93. The van der Waals surface area contributed by atoms with Gasteiger partial charge >= 0.3 is 0 Å². The third-order valence-corrected chi connectivity index (χ3v) is 12.5. The molecule has 30 heteroatoms. The van der Waals surface area contributed by atoms with E-state index in [1.54, 1.807) is 0 Å². The molecule has 0 spiro atoms. The monoisotopic (exact) mass is 1020 g/mol. The number of nitrogens with one attached hydrogen (secondary N) is 4. The SMILES string of the molecule is CC(=O)NC1[C@H](O[C@@H]2C(CO)O[C@@H](O[C@@H]3C(CO)O[C@@H](O[C@@H]4C(CO)O[C@@H](O[C@@H]5C(CO)O[C@@H]6OC(C)=NC6[C@H]5O)C(NC(C)=O)[C@H]4O)C(NC(C)=O)[C@H]3O)C(NC(C)=O)[C@H]2O)OC(CO)[C@@H](O)[C@@H]1O. The first-order valence-electron chi connectivity index (χ1n) is 22.5. The summed E-state index contributed by atoms with van der Waals surface area (Å²) in [5.74, 6) is -2.77. The number of amides is 4. The molecular formula is C40H65N5O25. The van der Waals surface area contributed by atoms with Crippen LogP contribution < -0.4 is 21.3 Å². The topological polar surface area (TPSA) is 444 Å². The number of carbonyl (C=O) groups is 4. The summed E-state index contributed by atoms with van der Waals surface area (Å²) in [5.41, 5.74) is 0. The molecule has 6 aliphatic rings. The molecule has 5 fully saturated rings. The summed E-state index contributed by atoms with van der Waals surface area (Å²) in [6.07, 6.45) is -32.9. The smallest absolute Gasteiger partial charge is 0.227 e. The van der Waals surface area contributed by atoms with E-state index in [0.29, 0.717) is 0 Å². The Kier molecular flexibility index (Phi) is 19.2. The number of aliphatic hydroxyl groups excluding tert-OH is 11. The number of fused-ring (bicyclic) bond motifs is 1. The molecule has 0 bridgehead atoms. The Labute approximate surface area is 399 Å². The second-order valence-electron chi connectivity index (χ2n) is 17.6. The van der Waals surface area contributed by atoms with Crippen molar-refractivity contribution in [2.24, 2.45) is 4.99 Å². The van der Waals surface area contributed by atoms with E-state index >= 15 is 0 Å². The van der Waals surface area contributed by atoms with Gasteiger partial charge in [0.2, 0.25) is 29.9 Å².